The molecule has 0 radical (unpaired) electrons. The molecule has 0 aliphatic carbocycles. The molecule has 0 bridgehead atoms. The van der Waals surface area contributed by atoms with E-state index in [0.29, 0.717) is 11.1 Å². The monoisotopic (exact) mass is 434 g/mol. The maximum Gasteiger partial charge on any atom is 0.295 e. The molecule has 2 heterocycles. The van der Waals surface area contributed by atoms with Gasteiger partial charge in [-0.05, 0) is 35.9 Å². The number of rotatable bonds is 5. The number of ketones is 1. The van der Waals surface area contributed by atoms with Crippen LogP contribution in [0, 0.1) is 15.9 Å². The number of carbonyl (C=O) groups excluding carboxylic acids is 2. The van der Waals surface area contributed by atoms with Crippen LogP contribution in [0.5, 0.6) is 0 Å². The summed E-state index contributed by atoms with van der Waals surface area (Å²) >= 11 is 0. The quantitative estimate of drug-likeness (QED) is 0.218. The van der Waals surface area contributed by atoms with Gasteiger partial charge < -0.3 is 10.0 Å². The first-order chi connectivity index (χ1) is 15.4. The van der Waals surface area contributed by atoms with Crippen LogP contribution in [0.3, 0.4) is 0 Å². The number of aliphatic hydroxyl groups excluding tert-OH is 1. The minimum atomic E-state index is -1.07. The van der Waals surface area contributed by atoms with Crippen LogP contribution in [0.25, 0.3) is 5.76 Å². The molecule has 1 aliphatic heterocycles. The maximum absolute atomic E-state index is 13.3. The van der Waals surface area contributed by atoms with Crippen molar-refractivity contribution >= 4 is 23.1 Å². The van der Waals surface area contributed by atoms with E-state index in [0.717, 1.165) is 12.1 Å². The van der Waals surface area contributed by atoms with E-state index in [1.165, 1.54) is 35.2 Å². The van der Waals surface area contributed by atoms with Crippen molar-refractivity contribution < 1.29 is 29.0 Å². The Bertz CT molecular complexity index is 1240. The van der Waals surface area contributed by atoms with Gasteiger partial charge in [0.2, 0.25) is 0 Å². The van der Waals surface area contributed by atoms with Gasteiger partial charge >= 0.3 is 0 Å². The van der Waals surface area contributed by atoms with Crippen molar-refractivity contribution in [1.82, 2.24) is 4.90 Å². The number of amides is 1. The number of Topliss-reactive ketones (excluding diaryl/α,β-unsaturated/α-hetero) is 1. The number of non-ortho nitro benzene ring substituents is 1. The normalized spacial score (nSPS) is 17.5. The van der Waals surface area contributed by atoms with Gasteiger partial charge in [-0.2, -0.15) is 0 Å². The van der Waals surface area contributed by atoms with Crippen LogP contribution in [0.15, 0.2) is 78.6 Å². The van der Waals surface area contributed by atoms with Crippen molar-refractivity contribution in [2.45, 2.75) is 12.6 Å². The van der Waals surface area contributed by atoms with E-state index in [1.54, 1.807) is 30.6 Å². The second-order valence-corrected chi connectivity index (χ2v) is 7.20. The van der Waals surface area contributed by atoms with Crippen LogP contribution in [0.1, 0.15) is 22.7 Å². The summed E-state index contributed by atoms with van der Waals surface area (Å²) in [6.45, 7) is 0.0233. The van der Waals surface area contributed by atoms with Crippen LogP contribution < -0.4 is 4.98 Å². The molecular formula is C23H17FN3O5+. The van der Waals surface area contributed by atoms with Gasteiger partial charge in [-0.15, -0.1) is 0 Å². The van der Waals surface area contributed by atoms with Gasteiger partial charge in [0.25, 0.3) is 17.4 Å². The van der Waals surface area contributed by atoms with Crippen molar-refractivity contribution in [2.24, 2.45) is 0 Å². The molecule has 1 saturated heterocycles. The highest BCUT2D eigenvalue weighted by atomic mass is 19.1. The lowest BCUT2D eigenvalue weighted by Crippen LogP contribution is -2.29. The van der Waals surface area contributed by atoms with Crippen LogP contribution >= 0.6 is 0 Å². The summed E-state index contributed by atoms with van der Waals surface area (Å²) in [5, 5.41) is 22.2. The summed E-state index contributed by atoms with van der Waals surface area (Å²) in [5.41, 5.74) is 0.686. The van der Waals surface area contributed by atoms with Crippen molar-refractivity contribution in [3.8, 4) is 0 Å². The standard InChI is InChI=1S/C23H16FN3O5/c24-17-8-6-15(7-9-17)21(28)19-20(16-4-1-5-18(11-16)27(31)32)26(23(30)22(19)29)13-14-3-2-10-25-12-14/h1-12,20,28H,13H2/p+1. The Hall–Kier alpha value is -4.40. The molecule has 1 aliphatic rings. The van der Waals surface area contributed by atoms with Crippen molar-refractivity contribution in [1.29, 1.82) is 0 Å². The van der Waals surface area contributed by atoms with E-state index < -0.39 is 34.2 Å². The fraction of sp³-hybridized carbons (Fsp3) is 0.0870. The summed E-state index contributed by atoms with van der Waals surface area (Å²) in [4.78, 5) is 40.8. The Morgan fingerprint density at radius 2 is 1.88 bits per heavy atom. The first-order valence-corrected chi connectivity index (χ1v) is 9.60. The molecule has 1 amide bonds. The van der Waals surface area contributed by atoms with Gasteiger partial charge in [0.1, 0.15) is 11.6 Å². The van der Waals surface area contributed by atoms with Crippen LogP contribution in [-0.4, -0.2) is 26.6 Å². The first-order valence-electron chi connectivity index (χ1n) is 9.60. The first kappa shape index (κ1) is 20.9. The Kier molecular flexibility index (Phi) is 5.46. The van der Waals surface area contributed by atoms with Gasteiger partial charge in [-0.25, -0.2) is 9.37 Å². The van der Waals surface area contributed by atoms with E-state index in [-0.39, 0.29) is 23.4 Å². The summed E-state index contributed by atoms with van der Waals surface area (Å²) in [6, 6.07) is 12.8. The summed E-state index contributed by atoms with van der Waals surface area (Å²) in [6.07, 6.45) is 3.34. The van der Waals surface area contributed by atoms with Gasteiger partial charge in [0.05, 0.1) is 23.1 Å². The summed E-state index contributed by atoms with van der Waals surface area (Å²) < 4.78 is 13.3. The Morgan fingerprint density at radius 1 is 1.12 bits per heavy atom. The second kappa shape index (κ2) is 8.38. The lowest BCUT2D eigenvalue weighted by molar-refractivity contribution is -0.385. The highest BCUT2D eigenvalue weighted by Gasteiger charge is 2.46. The zero-order valence-electron chi connectivity index (χ0n) is 16.6. The molecule has 0 saturated carbocycles. The van der Waals surface area contributed by atoms with Gasteiger partial charge in [-0.3, -0.25) is 19.7 Å². The molecule has 32 heavy (non-hydrogen) atoms. The predicted octanol–water partition coefficient (Wildman–Crippen LogP) is 3.17. The minimum Gasteiger partial charge on any atom is -0.507 e. The number of halogens is 1. The van der Waals surface area contributed by atoms with Crippen molar-refractivity contribution in [2.75, 3.05) is 0 Å². The summed E-state index contributed by atoms with van der Waals surface area (Å²) in [7, 11) is 0. The highest BCUT2D eigenvalue weighted by molar-refractivity contribution is 6.46. The van der Waals surface area contributed by atoms with E-state index >= 15 is 0 Å². The summed E-state index contributed by atoms with van der Waals surface area (Å²) in [5.74, 6) is -2.79. The molecule has 1 aromatic heterocycles. The second-order valence-electron chi connectivity index (χ2n) is 7.20. The number of aliphatic hydroxyl groups is 1. The Balaban J connectivity index is 1.89. The number of nitrogens with zero attached hydrogens (tertiary/aromatic N) is 2. The maximum atomic E-state index is 13.3. The number of aromatic amines is 1. The number of nitro groups is 1. The number of pyridine rings is 1. The van der Waals surface area contributed by atoms with E-state index in [9.17, 15) is 29.2 Å². The van der Waals surface area contributed by atoms with Crippen LogP contribution in [-0.2, 0) is 16.1 Å². The highest BCUT2D eigenvalue weighted by Crippen LogP contribution is 2.41. The molecular weight excluding hydrogens is 417 g/mol. The molecule has 4 rings (SSSR count). The number of hydrogen-bond donors (Lipinski definition) is 1. The zero-order chi connectivity index (χ0) is 22.8. The third kappa shape index (κ3) is 3.83. The van der Waals surface area contributed by atoms with E-state index in [4.69, 9.17) is 0 Å². The lowest BCUT2D eigenvalue weighted by atomic mass is 9.95. The fourth-order valence-corrected chi connectivity index (χ4v) is 3.69. The average Bonchev–Trinajstić information content (AvgIpc) is 3.05. The number of aromatic nitrogens is 1. The SMILES string of the molecule is O=C1C(=O)N(Cc2ccc[nH+]c2)C(c2cccc([N+](=O)[O-])c2)C1=C(O)c1ccc(F)cc1. The average molecular weight is 434 g/mol. The molecule has 1 unspecified atom stereocenters. The third-order valence-electron chi connectivity index (χ3n) is 5.18. The number of carbonyl (C=O) groups is 2. The third-order valence-corrected chi connectivity index (χ3v) is 5.18. The zero-order valence-corrected chi connectivity index (χ0v) is 16.6. The van der Waals surface area contributed by atoms with E-state index in [1.807, 2.05) is 0 Å². The number of benzene rings is 2. The molecule has 0 spiro atoms. The van der Waals surface area contributed by atoms with Gasteiger partial charge in [0, 0.05) is 29.3 Å². The van der Waals surface area contributed by atoms with E-state index in [2.05, 4.69) is 4.98 Å². The largest absolute Gasteiger partial charge is 0.507 e. The number of hydrogen-bond acceptors (Lipinski definition) is 5. The van der Waals surface area contributed by atoms with Crippen LogP contribution in [0.4, 0.5) is 10.1 Å². The van der Waals surface area contributed by atoms with Crippen LogP contribution in [0.2, 0.25) is 0 Å². The van der Waals surface area contributed by atoms with Gasteiger partial charge in [-0.1, -0.05) is 12.1 Å². The smallest absolute Gasteiger partial charge is 0.295 e. The fourth-order valence-electron chi connectivity index (χ4n) is 3.69. The Labute approximate surface area is 181 Å². The molecule has 8 nitrogen and oxygen atoms in total. The minimum absolute atomic E-state index is 0.0233. The molecule has 1 fully saturated rings. The predicted molar refractivity (Wildman–Crippen MR) is 110 cm³/mol. The molecule has 3 aromatic rings. The Morgan fingerprint density at radius 3 is 2.53 bits per heavy atom. The van der Waals surface area contributed by atoms with Gasteiger partial charge in [0.15, 0.2) is 12.4 Å². The molecule has 160 valence electrons. The molecule has 2 aromatic carbocycles. The molecule has 9 heteroatoms. The topological polar surface area (TPSA) is 115 Å². The lowest BCUT2D eigenvalue weighted by Gasteiger charge is -2.24. The number of H-pyrrole nitrogens is 1. The number of nitro benzene ring substituents is 1. The number of nitrogens with one attached hydrogen (secondary N) is 1. The molecule has 2 N–H and O–H groups in total. The van der Waals surface area contributed by atoms with Crippen molar-refractivity contribution in [3.05, 3.63) is 111 Å². The number of likely N-dealkylation sites (tertiary alicyclic amines) is 1. The molecule has 1 atom stereocenters. The van der Waals surface area contributed by atoms with Crippen molar-refractivity contribution in [3.63, 3.8) is 0 Å².